The number of hydrogen-bond acceptors (Lipinski definition) is 1. The molecule has 1 unspecified atom stereocenters. The lowest BCUT2D eigenvalue weighted by atomic mass is 9.79. The summed E-state index contributed by atoms with van der Waals surface area (Å²) in [6.45, 7) is 0. The molecule has 0 bridgehead atoms. The molecule has 1 aromatic rings. The van der Waals surface area contributed by atoms with Crippen molar-refractivity contribution in [2.75, 3.05) is 0 Å². The fourth-order valence-electron chi connectivity index (χ4n) is 2.64. The summed E-state index contributed by atoms with van der Waals surface area (Å²) >= 11 is 0. The zero-order valence-electron chi connectivity index (χ0n) is 8.20. The maximum Gasteiger partial charge on any atom is 0.163 e. The summed E-state index contributed by atoms with van der Waals surface area (Å²) in [5.41, 5.74) is 2.32. The fraction of sp³-hybridized carbons (Fsp3) is 0.462. The van der Waals surface area contributed by atoms with Crippen LogP contribution in [0.3, 0.4) is 0 Å². The largest absolute Gasteiger partial charge is 0.294 e. The first kappa shape index (κ1) is 8.22. The quantitative estimate of drug-likeness (QED) is 0.658. The van der Waals surface area contributed by atoms with Crippen molar-refractivity contribution in [2.45, 2.75) is 31.6 Å². The molecule has 0 aliphatic heterocycles. The molecule has 1 fully saturated rings. The third-order valence-corrected chi connectivity index (χ3v) is 3.53. The molecule has 0 N–H and O–H groups in total. The van der Waals surface area contributed by atoms with Gasteiger partial charge in [0.25, 0.3) is 0 Å². The Labute approximate surface area is 84.1 Å². The topological polar surface area (TPSA) is 17.1 Å². The van der Waals surface area contributed by atoms with Crippen molar-refractivity contribution in [3.8, 4) is 0 Å². The standard InChI is InChI=1S/C13H14O/c14-13-8-7-10(9-5-6-9)11-3-1-2-4-12(11)13/h1-4,9-10H,5-8H2. The average Bonchev–Trinajstić information content (AvgIpc) is 3.03. The Hall–Kier alpha value is -1.11. The lowest BCUT2D eigenvalue weighted by Crippen LogP contribution is -2.16. The van der Waals surface area contributed by atoms with E-state index in [1.807, 2.05) is 12.1 Å². The summed E-state index contributed by atoms with van der Waals surface area (Å²) in [6, 6.07) is 8.18. The van der Waals surface area contributed by atoms with E-state index in [-0.39, 0.29) is 0 Å². The second-order valence-electron chi connectivity index (χ2n) is 4.49. The highest BCUT2D eigenvalue weighted by Gasteiger charge is 2.36. The van der Waals surface area contributed by atoms with Gasteiger partial charge in [0.15, 0.2) is 5.78 Å². The predicted molar refractivity (Wildman–Crippen MR) is 55.5 cm³/mol. The van der Waals surface area contributed by atoms with Gasteiger partial charge in [0.1, 0.15) is 0 Å². The van der Waals surface area contributed by atoms with Crippen LogP contribution in [-0.4, -0.2) is 5.78 Å². The molecule has 2 aliphatic carbocycles. The van der Waals surface area contributed by atoms with Crippen molar-refractivity contribution in [3.63, 3.8) is 0 Å². The Morgan fingerprint density at radius 3 is 2.64 bits per heavy atom. The highest BCUT2D eigenvalue weighted by molar-refractivity contribution is 5.98. The van der Waals surface area contributed by atoms with Crippen molar-refractivity contribution in [1.29, 1.82) is 0 Å². The van der Waals surface area contributed by atoms with Gasteiger partial charge in [-0.05, 0) is 36.7 Å². The molecule has 0 saturated heterocycles. The Bertz CT molecular complexity index is 377. The van der Waals surface area contributed by atoms with E-state index in [2.05, 4.69) is 12.1 Å². The van der Waals surface area contributed by atoms with E-state index in [4.69, 9.17) is 0 Å². The molecule has 72 valence electrons. The molecule has 0 radical (unpaired) electrons. The summed E-state index contributed by atoms with van der Waals surface area (Å²) < 4.78 is 0. The Balaban J connectivity index is 2.06. The molecule has 3 rings (SSSR count). The first-order chi connectivity index (χ1) is 6.86. The van der Waals surface area contributed by atoms with Crippen LogP contribution in [0.1, 0.15) is 47.5 Å². The zero-order chi connectivity index (χ0) is 9.54. The van der Waals surface area contributed by atoms with Crippen LogP contribution in [0.2, 0.25) is 0 Å². The molecule has 14 heavy (non-hydrogen) atoms. The minimum Gasteiger partial charge on any atom is -0.294 e. The maximum atomic E-state index is 11.7. The van der Waals surface area contributed by atoms with Crippen LogP contribution in [0.4, 0.5) is 0 Å². The van der Waals surface area contributed by atoms with E-state index < -0.39 is 0 Å². The monoisotopic (exact) mass is 186 g/mol. The molecule has 1 atom stereocenters. The van der Waals surface area contributed by atoms with E-state index >= 15 is 0 Å². The first-order valence-electron chi connectivity index (χ1n) is 5.48. The van der Waals surface area contributed by atoms with E-state index in [1.165, 1.54) is 18.4 Å². The van der Waals surface area contributed by atoms with Crippen LogP contribution in [0.25, 0.3) is 0 Å². The molecule has 0 heterocycles. The van der Waals surface area contributed by atoms with E-state index in [0.717, 1.165) is 24.3 Å². The number of hydrogen-bond donors (Lipinski definition) is 0. The van der Waals surface area contributed by atoms with E-state index in [1.54, 1.807) is 0 Å². The van der Waals surface area contributed by atoms with Gasteiger partial charge < -0.3 is 0 Å². The minimum atomic E-state index is 0.345. The summed E-state index contributed by atoms with van der Waals surface area (Å²) in [4.78, 5) is 11.7. The summed E-state index contributed by atoms with van der Waals surface area (Å²) in [5, 5.41) is 0. The smallest absolute Gasteiger partial charge is 0.163 e. The molecule has 1 saturated carbocycles. The SMILES string of the molecule is O=C1CCC(C2CC2)c2ccccc21. The van der Waals surface area contributed by atoms with Crippen molar-refractivity contribution in [1.82, 2.24) is 0 Å². The molecule has 0 amide bonds. The summed E-state index contributed by atoms with van der Waals surface area (Å²) in [6.07, 6.45) is 4.58. The van der Waals surface area contributed by atoms with E-state index in [9.17, 15) is 4.79 Å². The molecule has 1 nitrogen and oxygen atoms in total. The number of fused-ring (bicyclic) bond motifs is 1. The normalized spacial score (nSPS) is 26.0. The third kappa shape index (κ3) is 1.19. The Kier molecular flexibility index (Phi) is 1.73. The lowest BCUT2D eigenvalue weighted by Gasteiger charge is -2.24. The van der Waals surface area contributed by atoms with Crippen LogP contribution in [0.5, 0.6) is 0 Å². The number of rotatable bonds is 1. The van der Waals surface area contributed by atoms with Crippen LogP contribution in [0.15, 0.2) is 24.3 Å². The van der Waals surface area contributed by atoms with Gasteiger partial charge in [-0.15, -0.1) is 0 Å². The van der Waals surface area contributed by atoms with Gasteiger partial charge in [-0.2, -0.15) is 0 Å². The van der Waals surface area contributed by atoms with Gasteiger partial charge in [0.2, 0.25) is 0 Å². The van der Waals surface area contributed by atoms with Gasteiger partial charge in [0, 0.05) is 12.0 Å². The van der Waals surface area contributed by atoms with E-state index in [0.29, 0.717) is 11.7 Å². The average molecular weight is 186 g/mol. The molecular weight excluding hydrogens is 172 g/mol. The number of ketones is 1. The van der Waals surface area contributed by atoms with Crippen molar-refractivity contribution < 1.29 is 4.79 Å². The van der Waals surface area contributed by atoms with Gasteiger partial charge in [-0.1, -0.05) is 24.3 Å². The second-order valence-corrected chi connectivity index (χ2v) is 4.49. The lowest BCUT2D eigenvalue weighted by molar-refractivity contribution is 0.0965. The second kappa shape index (κ2) is 2.94. The predicted octanol–water partition coefficient (Wildman–Crippen LogP) is 3.16. The number of benzene rings is 1. The fourth-order valence-corrected chi connectivity index (χ4v) is 2.64. The molecule has 1 aromatic carbocycles. The number of carbonyl (C=O) groups excluding carboxylic acids is 1. The Morgan fingerprint density at radius 2 is 1.86 bits per heavy atom. The molecule has 1 heteroatoms. The van der Waals surface area contributed by atoms with Crippen LogP contribution in [-0.2, 0) is 0 Å². The highest BCUT2D eigenvalue weighted by Crippen LogP contribution is 2.47. The van der Waals surface area contributed by atoms with Gasteiger partial charge >= 0.3 is 0 Å². The van der Waals surface area contributed by atoms with Gasteiger partial charge in [0.05, 0.1) is 0 Å². The highest BCUT2D eigenvalue weighted by atomic mass is 16.1. The van der Waals surface area contributed by atoms with Crippen LogP contribution < -0.4 is 0 Å². The first-order valence-corrected chi connectivity index (χ1v) is 5.48. The minimum absolute atomic E-state index is 0.345. The van der Waals surface area contributed by atoms with Crippen LogP contribution >= 0.6 is 0 Å². The molecular formula is C13H14O. The number of Topliss-reactive ketones (excluding diaryl/α,β-unsaturated/α-hetero) is 1. The summed E-state index contributed by atoms with van der Waals surface area (Å²) in [7, 11) is 0. The zero-order valence-corrected chi connectivity index (χ0v) is 8.20. The number of carbonyl (C=O) groups is 1. The van der Waals surface area contributed by atoms with Crippen molar-refractivity contribution >= 4 is 5.78 Å². The van der Waals surface area contributed by atoms with Gasteiger partial charge in [-0.3, -0.25) is 4.79 Å². The van der Waals surface area contributed by atoms with Crippen molar-refractivity contribution in [2.24, 2.45) is 5.92 Å². The third-order valence-electron chi connectivity index (χ3n) is 3.53. The van der Waals surface area contributed by atoms with Crippen LogP contribution in [0, 0.1) is 5.92 Å². The van der Waals surface area contributed by atoms with Crippen molar-refractivity contribution in [3.05, 3.63) is 35.4 Å². The van der Waals surface area contributed by atoms with Gasteiger partial charge in [-0.25, -0.2) is 0 Å². The molecule has 0 aromatic heterocycles. The molecule has 2 aliphatic rings. The molecule has 0 spiro atoms. The maximum absolute atomic E-state index is 11.7. The summed E-state index contributed by atoms with van der Waals surface area (Å²) in [5.74, 6) is 1.91. The Morgan fingerprint density at radius 1 is 1.07 bits per heavy atom.